The third-order valence-electron chi connectivity index (χ3n) is 3.43. The molecule has 2 rings (SSSR count). The maximum Gasteiger partial charge on any atom is 0.216 e. The van der Waals surface area contributed by atoms with E-state index in [1.54, 1.807) is 26.0 Å². The van der Waals surface area contributed by atoms with Crippen LogP contribution in [-0.2, 0) is 16.6 Å². The molecule has 0 aromatic heterocycles. The highest BCUT2D eigenvalue weighted by molar-refractivity contribution is 7.90. The number of hydrogen-bond donors (Lipinski definition) is 2. The molecular formula is C13H19FN2O2S. The monoisotopic (exact) mass is 286 g/mol. The van der Waals surface area contributed by atoms with E-state index in [2.05, 4.69) is 10.0 Å². The molecule has 0 aliphatic carbocycles. The zero-order chi connectivity index (χ0) is 14.0. The number of hydrogen-bond acceptors (Lipinski definition) is 3. The van der Waals surface area contributed by atoms with Crippen molar-refractivity contribution in [3.63, 3.8) is 0 Å². The lowest BCUT2D eigenvalue weighted by molar-refractivity contribution is 0.567. The van der Waals surface area contributed by atoms with Gasteiger partial charge in [-0.3, -0.25) is 0 Å². The number of benzene rings is 1. The molecule has 1 saturated heterocycles. The Kier molecular flexibility index (Phi) is 4.23. The first kappa shape index (κ1) is 14.4. The molecule has 0 radical (unpaired) electrons. The lowest BCUT2D eigenvalue weighted by atomic mass is 10.1. The minimum absolute atomic E-state index is 0.209. The molecule has 1 unspecified atom stereocenters. The van der Waals surface area contributed by atoms with E-state index in [-0.39, 0.29) is 17.6 Å². The van der Waals surface area contributed by atoms with E-state index >= 15 is 0 Å². The first-order chi connectivity index (χ1) is 8.90. The quantitative estimate of drug-likeness (QED) is 0.875. The van der Waals surface area contributed by atoms with Crippen molar-refractivity contribution in [3.05, 3.63) is 34.6 Å². The van der Waals surface area contributed by atoms with E-state index in [0.717, 1.165) is 12.1 Å². The average Bonchev–Trinajstić information content (AvgIpc) is 2.88. The van der Waals surface area contributed by atoms with Gasteiger partial charge in [-0.25, -0.2) is 17.5 Å². The lowest BCUT2D eigenvalue weighted by Crippen LogP contribution is -2.35. The smallest absolute Gasteiger partial charge is 0.216 e. The average molecular weight is 286 g/mol. The SMILES string of the molecule is Cc1cc(CNS(=O)(=O)C2CCNC2)cc(C)c1F. The van der Waals surface area contributed by atoms with E-state index in [1.807, 2.05) is 0 Å². The molecule has 106 valence electrons. The van der Waals surface area contributed by atoms with Crippen LogP contribution >= 0.6 is 0 Å². The van der Waals surface area contributed by atoms with Crippen LogP contribution in [0.1, 0.15) is 23.1 Å². The molecule has 0 spiro atoms. The Bertz CT molecular complexity index is 543. The Balaban J connectivity index is 2.06. The summed E-state index contributed by atoms with van der Waals surface area (Å²) in [6.07, 6.45) is 0.636. The number of nitrogens with one attached hydrogen (secondary N) is 2. The summed E-state index contributed by atoms with van der Waals surface area (Å²) < 4.78 is 40.1. The molecule has 0 amide bonds. The van der Waals surface area contributed by atoms with Gasteiger partial charge in [-0.2, -0.15) is 0 Å². The Morgan fingerprint density at radius 3 is 2.53 bits per heavy atom. The standard InChI is InChI=1S/C13H19FN2O2S/c1-9-5-11(6-10(2)13(9)14)7-16-19(17,18)12-3-4-15-8-12/h5-6,12,15-16H,3-4,7-8H2,1-2H3. The summed E-state index contributed by atoms with van der Waals surface area (Å²) in [5.74, 6) is -0.230. The minimum Gasteiger partial charge on any atom is -0.315 e. The Morgan fingerprint density at radius 1 is 1.37 bits per heavy atom. The molecule has 0 saturated carbocycles. The molecule has 1 aromatic rings. The van der Waals surface area contributed by atoms with Gasteiger partial charge in [0.15, 0.2) is 0 Å². The van der Waals surface area contributed by atoms with Crippen LogP contribution in [0.25, 0.3) is 0 Å². The van der Waals surface area contributed by atoms with Gasteiger partial charge in [0, 0.05) is 13.1 Å². The van der Waals surface area contributed by atoms with Crippen molar-refractivity contribution in [1.29, 1.82) is 0 Å². The summed E-state index contributed by atoms with van der Waals surface area (Å²) in [4.78, 5) is 0. The molecule has 1 heterocycles. The van der Waals surface area contributed by atoms with E-state index in [1.165, 1.54) is 0 Å². The van der Waals surface area contributed by atoms with Crippen molar-refractivity contribution in [2.24, 2.45) is 0 Å². The van der Waals surface area contributed by atoms with Crippen LogP contribution in [0, 0.1) is 19.7 Å². The van der Waals surface area contributed by atoms with Gasteiger partial charge >= 0.3 is 0 Å². The second-order valence-corrected chi connectivity index (χ2v) is 7.07. The molecule has 6 heteroatoms. The number of halogens is 1. The van der Waals surface area contributed by atoms with Crippen molar-refractivity contribution < 1.29 is 12.8 Å². The molecule has 1 aliphatic rings. The summed E-state index contributed by atoms with van der Waals surface area (Å²) in [5, 5.41) is 2.67. The Labute approximate surface area is 113 Å². The summed E-state index contributed by atoms with van der Waals surface area (Å²) in [6, 6.07) is 3.36. The maximum absolute atomic E-state index is 13.5. The molecule has 19 heavy (non-hydrogen) atoms. The van der Waals surface area contributed by atoms with Gasteiger partial charge in [-0.05, 0) is 43.5 Å². The van der Waals surface area contributed by atoms with Crippen molar-refractivity contribution in [3.8, 4) is 0 Å². The van der Waals surface area contributed by atoms with E-state index in [0.29, 0.717) is 24.1 Å². The van der Waals surface area contributed by atoms with Gasteiger partial charge in [0.2, 0.25) is 10.0 Å². The molecule has 1 fully saturated rings. The van der Waals surface area contributed by atoms with Crippen LogP contribution in [0.15, 0.2) is 12.1 Å². The fourth-order valence-corrected chi connectivity index (χ4v) is 3.70. The van der Waals surface area contributed by atoms with Gasteiger partial charge < -0.3 is 5.32 Å². The third-order valence-corrected chi connectivity index (χ3v) is 5.25. The first-order valence-electron chi connectivity index (χ1n) is 6.35. The second kappa shape index (κ2) is 5.56. The van der Waals surface area contributed by atoms with Crippen LogP contribution in [0.4, 0.5) is 4.39 Å². The van der Waals surface area contributed by atoms with E-state index < -0.39 is 10.0 Å². The molecule has 4 nitrogen and oxygen atoms in total. The summed E-state index contributed by atoms with van der Waals surface area (Å²) in [7, 11) is -3.30. The molecule has 1 atom stereocenters. The van der Waals surface area contributed by atoms with E-state index in [4.69, 9.17) is 0 Å². The van der Waals surface area contributed by atoms with E-state index in [9.17, 15) is 12.8 Å². The maximum atomic E-state index is 13.5. The minimum atomic E-state index is -3.30. The molecular weight excluding hydrogens is 267 g/mol. The van der Waals surface area contributed by atoms with Crippen molar-refractivity contribution in [2.45, 2.75) is 32.1 Å². The molecule has 0 bridgehead atoms. The molecule has 1 aliphatic heterocycles. The van der Waals surface area contributed by atoms with Gasteiger partial charge in [0.05, 0.1) is 5.25 Å². The summed E-state index contributed by atoms with van der Waals surface area (Å²) in [6.45, 7) is 4.81. The highest BCUT2D eigenvalue weighted by Crippen LogP contribution is 2.15. The van der Waals surface area contributed by atoms with Crippen LogP contribution in [0.3, 0.4) is 0 Å². The lowest BCUT2D eigenvalue weighted by Gasteiger charge is -2.13. The molecule has 2 N–H and O–H groups in total. The number of rotatable bonds is 4. The fraction of sp³-hybridized carbons (Fsp3) is 0.538. The predicted molar refractivity (Wildman–Crippen MR) is 72.9 cm³/mol. The van der Waals surface area contributed by atoms with Crippen molar-refractivity contribution in [2.75, 3.05) is 13.1 Å². The van der Waals surface area contributed by atoms with Crippen LogP contribution in [0.2, 0.25) is 0 Å². The zero-order valence-corrected chi connectivity index (χ0v) is 12.0. The highest BCUT2D eigenvalue weighted by atomic mass is 32.2. The Hall–Kier alpha value is -0.980. The van der Waals surface area contributed by atoms with Gasteiger partial charge in [-0.1, -0.05) is 12.1 Å². The fourth-order valence-electron chi connectivity index (χ4n) is 2.33. The third kappa shape index (κ3) is 3.32. The van der Waals surface area contributed by atoms with Crippen LogP contribution in [-0.4, -0.2) is 26.8 Å². The van der Waals surface area contributed by atoms with Gasteiger partial charge in [0.1, 0.15) is 5.82 Å². The second-order valence-electron chi connectivity index (χ2n) is 5.02. The zero-order valence-electron chi connectivity index (χ0n) is 11.2. The first-order valence-corrected chi connectivity index (χ1v) is 7.89. The number of sulfonamides is 1. The largest absolute Gasteiger partial charge is 0.315 e. The summed E-state index contributed by atoms with van der Waals surface area (Å²) >= 11 is 0. The Morgan fingerprint density at radius 2 is 2.00 bits per heavy atom. The topological polar surface area (TPSA) is 58.2 Å². The summed E-state index contributed by atoms with van der Waals surface area (Å²) in [5.41, 5.74) is 1.86. The van der Waals surface area contributed by atoms with Crippen molar-refractivity contribution in [1.82, 2.24) is 10.0 Å². The number of aryl methyl sites for hydroxylation is 2. The van der Waals surface area contributed by atoms with Gasteiger partial charge in [-0.15, -0.1) is 0 Å². The normalized spacial score (nSPS) is 19.8. The van der Waals surface area contributed by atoms with Crippen molar-refractivity contribution >= 4 is 10.0 Å². The molecule has 1 aromatic carbocycles. The predicted octanol–water partition coefficient (Wildman–Crippen LogP) is 1.22. The highest BCUT2D eigenvalue weighted by Gasteiger charge is 2.28. The van der Waals surface area contributed by atoms with Crippen LogP contribution in [0.5, 0.6) is 0 Å². The van der Waals surface area contributed by atoms with Crippen LogP contribution < -0.4 is 10.0 Å². The van der Waals surface area contributed by atoms with Gasteiger partial charge in [0.25, 0.3) is 0 Å².